The molecule has 1 aromatic carbocycles. The van der Waals surface area contributed by atoms with Gasteiger partial charge in [0.25, 0.3) is 0 Å². The summed E-state index contributed by atoms with van der Waals surface area (Å²) in [5, 5.41) is 0.841. The highest BCUT2D eigenvalue weighted by Gasteiger charge is 2.02. The number of rotatable bonds is 1. The van der Waals surface area contributed by atoms with Gasteiger partial charge in [-0.3, -0.25) is 0 Å². The van der Waals surface area contributed by atoms with Gasteiger partial charge in [0.2, 0.25) is 0 Å². The van der Waals surface area contributed by atoms with Gasteiger partial charge >= 0.3 is 5.63 Å². The van der Waals surface area contributed by atoms with Crippen LogP contribution >= 0.6 is 0 Å². The average molecular weight is 187 g/mol. The minimum Gasteiger partial charge on any atom is -0.423 e. The van der Waals surface area contributed by atoms with Crippen LogP contribution in [0.15, 0.2) is 40.1 Å². The minimum atomic E-state index is -0.391. The summed E-state index contributed by atoms with van der Waals surface area (Å²) >= 11 is 0. The third-order valence-electron chi connectivity index (χ3n) is 2.02. The highest BCUT2D eigenvalue weighted by molar-refractivity contribution is 5.87. The molecule has 0 saturated carbocycles. The molecule has 0 radical (unpaired) electrons. The first-order valence-corrected chi connectivity index (χ1v) is 4.16. The van der Waals surface area contributed by atoms with Crippen LogP contribution in [0.5, 0.6) is 0 Å². The van der Waals surface area contributed by atoms with E-state index in [1.807, 2.05) is 6.07 Å². The van der Waals surface area contributed by atoms with Crippen LogP contribution in [0.1, 0.15) is 5.56 Å². The van der Waals surface area contributed by atoms with Gasteiger partial charge in [-0.05, 0) is 17.7 Å². The largest absolute Gasteiger partial charge is 0.423 e. The molecule has 0 atom stereocenters. The lowest BCUT2D eigenvalue weighted by atomic mass is 10.1. The summed E-state index contributed by atoms with van der Waals surface area (Å²) < 4.78 is 5.00. The first-order chi connectivity index (χ1) is 6.70. The Kier molecular flexibility index (Phi) is 1.85. The van der Waals surface area contributed by atoms with E-state index in [-0.39, 0.29) is 0 Å². The van der Waals surface area contributed by atoms with Crippen LogP contribution < -0.4 is 11.4 Å². The zero-order valence-electron chi connectivity index (χ0n) is 7.49. The van der Waals surface area contributed by atoms with E-state index in [0.717, 1.165) is 10.9 Å². The Morgan fingerprint density at radius 3 is 2.86 bits per heavy atom. The molecular formula is C11H9NO2. The average Bonchev–Trinajstić information content (AvgIpc) is 2.15. The molecule has 14 heavy (non-hydrogen) atoms. The zero-order chi connectivity index (χ0) is 10.1. The normalized spacial score (nSPS) is 10.3. The van der Waals surface area contributed by atoms with Crippen LogP contribution in [-0.4, -0.2) is 0 Å². The first kappa shape index (κ1) is 8.56. The number of nitrogens with two attached hydrogens (primary N) is 1. The Morgan fingerprint density at radius 1 is 1.36 bits per heavy atom. The highest BCUT2D eigenvalue weighted by atomic mass is 16.4. The molecule has 1 heterocycles. The summed E-state index contributed by atoms with van der Waals surface area (Å²) in [7, 11) is 0. The summed E-state index contributed by atoms with van der Waals surface area (Å²) in [4.78, 5) is 11.1. The van der Waals surface area contributed by atoms with Crippen molar-refractivity contribution in [1.82, 2.24) is 0 Å². The van der Waals surface area contributed by atoms with Gasteiger partial charge in [0.05, 0.1) is 0 Å². The molecule has 0 spiro atoms. The van der Waals surface area contributed by atoms with E-state index in [2.05, 4.69) is 6.58 Å². The van der Waals surface area contributed by atoms with E-state index >= 15 is 0 Å². The van der Waals surface area contributed by atoms with E-state index < -0.39 is 5.63 Å². The van der Waals surface area contributed by atoms with Crippen molar-refractivity contribution in [3.8, 4) is 0 Å². The summed E-state index contributed by atoms with van der Waals surface area (Å²) in [6.07, 6.45) is 1.62. The highest BCUT2D eigenvalue weighted by Crippen LogP contribution is 2.19. The smallest absolute Gasteiger partial charge is 0.336 e. The molecule has 0 unspecified atom stereocenters. The van der Waals surface area contributed by atoms with Crippen molar-refractivity contribution in [3.05, 3.63) is 46.8 Å². The van der Waals surface area contributed by atoms with Gasteiger partial charge in [-0.2, -0.15) is 0 Å². The van der Waals surface area contributed by atoms with Crippen molar-refractivity contribution < 1.29 is 4.42 Å². The quantitative estimate of drug-likeness (QED) is 0.548. The molecular weight excluding hydrogens is 178 g/mol. The van der Waals surface area contributed by atoms with Crippen LogP contribution in [0, 0.1) is 0 Å². The Hall–Kier alpha value is -2.03. The lowest BCUT2D eigenvalue weighted by molar-refractivity contribution is 0.561. The fourth-order valence-corrected chi connectivity index (χ4v) is 1.37. The lowest BCUT2D eigenvalue weighted by Gasteiger charge is -2.00. The number of hydrogen-bond acceptors (Lipinski definition) is 3. The second kappa shape index (κ2) is 3.03. The van der Waals surface area contributed by atoms with Crippen LogP contribution in [0.4, 0.5) is 5.69 Å². The number of fused-ring (bicyclic) bond motifs is 1. The second-order valence-corrected chi connectivity index (χ2v) is 2.98. The van der Waals surface area contributed by atoms with Crippen molar-refractivity contribution in [3.63, 3.8) is 0 Å². The SMILES string of the molecule is C=Cc1cc(=O)oc2cc(N)ccc12. The Morgan fingerprint density at radius 2 is 2.14 bits per heavy atom. The van der Waals surface area contributed by atoms with Crippen molar-refractivity contribution >= 4 is 22.7 Å². The van der Waals surface area contributed by atoms with E-state index in [4.69, 9.17) is 10.2 Å². The third kappa shape index (κ3) is 1.29. The topological polar surface area (TPSA) is 56.2 Å². The van der Waals surface area contributed by atoms with Gasteiger partial charge in [-0.1, -0.05) is 12.7 Å². The van der Waals surface area contributed by atoms with Gasteiger partial charge < -0.3 is 10.2 Å². The molecule has 2 N–H and O–H groups in total. The maximum absolute atomic E-state index is 11.1. The van der Waals surface area contributed by atoms with Crippen molar-refractivity contribution in [2.24, 2.45) is 0 Å². The van der Waals surface area contributed by atoms with Gasteiger partial charge in [-0.15, -0.1) is 0 Å². The predicted octanol–water partition coefficient (Wildman–Crippen LogP) is 2.02. The number of benzene rings is 1. The minimum absolute atomic E-state index is 0.391. The van der Waals surface area contributed by atoms with E-state index in [0.29, 0.717) is 11.3 Å². The standard InChI is InChI=1S/C11H9NO2/c1-2-7-5-11(13)14-10-6-8(12)3-4-9(7)10/h2-6H,1,12H2. The van der Waals surface area contributed by atoms with Crippen molar-refractivity contribution in [2.45, 2.75) is 0 Å². The van der Waals surface area contributed by atoms with E-state index in [9.17, 15) is 4.79 Å². The van der Waals surface area contributed by atoms with Crippen LogP contribution in [-0.2, 0) is 0 Å². The van der Waals surface area contributed by atoms with Gasteiger partial charge in [0.1, 0.15) is 5.58 Å². The Labute approximate surface area is 80.5 Å². The number of nitrogen functional groups attached to an aromatic ring is 1. The zero-order valence-corrected chi connectivity index (χ0v) is 7.49. The first-order valence-electron chi connectivity index (χ1n) is 4.16. The molecule has 0 amide bonds. The van der Waals surface area contributed by atoms with E-state index in [1.54, 1.807) is 18.2 Å². The third-order valence-corrected chi connectivity index (χ3v) is 2.02. The predicted molar refractivity (Wildman–Crippen MR) is 57.0 cm³/mol. The Bertz CT molecular complexity index is 555. The second-order valence-electron chi connectivity index (χ2n) is 2.98. The molecule has 0 fully saturated rings. The molecule has 3 heteroatoms. The molecule has 0 aliphatic carbocycles. The molecule has 0 aliphatic heterocycles. The number of hydrogen-bond donors (Lipinski definition) is 1. The van der Waals surface area contributed by atoms with Gasteiger partial charge in [0, 0.05) is 23.2 Å². The molecule has 2 rings (SSSR count). The molecule has 0 aliphatic rings. The maximum Gasteiger partial charge on any atom is 0.336 e. The summed E-state index contributed by atoms with van der Waals surface area (Å²) in [6, 6.07) is 6.61. The molecule has 0 bridgehead atoms. The monoisotopic (exact) mass is 187 g/mol. The van der Waals surface area contributed by atoms with Crippen molar-refractivity contribution in [1.29, 1.82) is 0 Å². The summed E-state index contributed by atoms with van der Waals surface area (Å²) in [5.74, 6) is 0. The Balaban J connectivity index is 2.94. The van der Waals surface area contributed by atoms with Crippen LogP contribution in [0.25, 0.3) is 17.0 Å². The van der Waals surface area contributed by atoms with E-state index in [1.165, 1.54) is 6.07 Å². The van der Waals surface area contributed by atoms with Crippen LogP contribution in [0.2, 0.25) is 0 Å². The lowest BCUT2D eigenvalue weighted by Crippen LogP contribution is -1.98. The fraction of sp³-hybridized carbons (Fsp3) is 0. The fourth-order valence-electron chi connectivity index (χ4n) is 1.37. The molecule has 3 nitrogen and oxygen atoms in total. The maximum atomic E-state index is 11.1. The van der Waals surface area contributed by atoms with Gasteiger partial charge in [0.15, 0.2) is 0 Å². The number of anilines is 1. The molecule has 0 saturated heterocycles. The molecule has 2 aromatic rings. The molecule has 1 aromatic heterocycles. The van der Waals surface area contributed by atoms with Crippen molar-refractivity contribution in [2.75, 3.05) is 5.73 Å². The van der Waals surface area contributed by atoms with Gasteiger partial charge in [-0.25, -0.2) is 4.79 Å². The summed E-state index contributed by atoms with van der Waals surface area (Å²) in [6.45, 7) is 3.63. The molecule has 70 valence electrons. The van der Waals surface area contributed by atoms with Crippen LogP contribution in [0.3, 0.4) is 0 Å². The summed E-state index contributed by atoms with van der Waals surface area (Å²) in [5.41, 5.74) is 7.01.